The van der Waals surface area contributed by atoms with Crippen LogP contribution in [0.25, 0.3) is 5.57 Å². The molecule has 0 aromatic heterocycles. The van der Waals surface area contributed by atoms with Gasteiger partial charge in [-0.1, -0.05) is 23.7 Å². The van der Waals surface area contributed by atoms with Crippen molar-refractivity contribution in [2.24, 2.45) is 0 Å². The molecule has 1 heterocycles. The third-order valence-electron chi connectivity index (χ3n) is 4.90. The van der Waals surface area contributed by atoms with Gasteiger partial charge in [-0.25, -0.2) is 0 Å². The van der Waals surface area contributed by atoms with Crippen molar-refractivity contribution in [1.29, 1.82) is 0 Å². The summed E-state index contributed by atoms with van der Waals surface area (Å²) in [6, 6.07) is 12.0. The number of carbonyl (C=O) groups excluding carboxylic acids is 2. The van der Waals surface area contributed by atoms with Crippen molar-refractivity contribution in [3.05, 3.63) is 58.7 Å². The van der Waals surface area contributed by atoms with Crippen molar-refractivity contribution in [3.8, 4) is 11.5 Å². The second-order valence-corrected chi connectivity index (χ2v) is 7.95. The number of nitrogens with one attached hydrogen (secondary N) is 1. The zero-order chi connectivity index (χ0) is 23.3. The fraction of sp³-hybridized carbons (Fsp3) is 0.333. The number of methoxy groups -OCH3 is 2. The molecule has 2 aromatic rings. The van der Waals surface area contributed by atoms with E-state index in [2.05, 4.69) is 5.32 Å². The number of nitrogens with zero attached hydrogens (tertiary/aromatic N) is 1. The molecular formula is C24H27ClN2O5. The smallest absolute Gasteiger partial charge is 0.278 e. The summed E-state index contributed by atoms with van der Waals surface area (Å²) < 4.78 is 16.2. The number of benzene rings is 2. The number of hydrogen-bond donors (Lipinski definition) is 1. The quantitative estimate of drug-likeness (QED) is 0.421. The third kappa shape index (κ3) is 5.41. The van der Waals surface area contributed by atoms with Gasteiger partial charge in [0.15, 0.2) is 0 Å². The highest BCUT2D eigenvalue weighted by molar-refractivity contribution is 6.36. The largest absolute Gasteiger partial charge is 0.497 e. The SMILES string of the molecule is COc1cc(NC2=C(c3ccc(Cl)cc3)C(=O)N(CCCOC(C)C)C2=O)cc(OC)c1. The van der Waals surface area contributed by atoms with Gasteiger partial charge in [-0.2, -0.15) is 0 Å². The average molecular weight is 459 g/mol. The number of halogens is 1. The maximum Gasteiger partial charge on any atom is 0.278 e. The van der Waals surface area contributed by atoms with Crippen molar-refractivity contribution in [1.82, 2.24) is 4.90 Å². The van der Waals surface area contributed by atoms with Crippen LogP contribution in [-0.2, 0) is 14.3 Å². The maximum atomic E-state index is 13.3. The van der Waals surface area contributed by atoms with Crippen LogP contribution in [0, 0.1) is 0 Å². The molecule has 2 amide bonds. The van der Waals surface area contributed by atoms with Crippen LogP contribution >= 0.6 is 11.6 Å². The van der Waals surface area contributed by atoms with Crippen LogP contribution in [-0.4, -0.2) is 50.2 Å². The number of anilines is 1. The summed E-state index contributed by atoms with van der Waals surface area (Å²) in [5.74, 6) is 0.352. The van der Waals surface area contributed by atoms with E-state index in [4.69, 9.17) is 25.8 Å². The van der Waals surface area contributed by atoms with Crippen molar-refractivity contribution < 1.29 is 23.8 Å². The van der Waals surface area contributed by atoms with Gasteiger partial charge in [-0.15, -0.1) is 0 Å². The minimum absolute atomic E-state index is 0.0861. The average Bonchev–Trinajstić information content (AvgIpc) is 3.00. The van der Waals surface area contributed by atoms with E-state index in [-0.39, 0.29) is 24.3 Å². The maximum absolute atomic E-state index is 13.3. The predicted octanol–water partition coefficient (Wildman–Crippen LogP) is 4.36. The zero-order valence-electron chi connectivity index (χ0n) is 18.6. The van der Waals surface area contributed by atoms with E-state index in [9.17, 15) is 9.59 Å². The monoisotopic (exact) mass is 458 g/mol. The second kappa shape index (κ2) is 10.5. The molecule has 8 heteroatoms. The van der Waals surface area contributed by atoms with Crippen LogP contribution in [0.4, 0.5) is 5.69 Å². The highest BCUT2D eigenvalue weighted by Crippen LogP contribution is 2.33. The Bertz CT molecular complexity index is 995. The fourth-order valence-electron chi connectivity index (χ4n) is 3.35. The van der Waals surface area contributed by atoms with Crippen LogP contribution in [0.1, 0.15) is 25.8 Å². The second-order valence-electron chi connectivity index (χ2n) is 7.52. The Kier molecular flexibility index (Phi) is 7.77. The lowest BCUT2D eigenvalue weighted by molar-refractivity contribution is -0.137. The lowest BCUT2D eigenvalue weighted by Crippen LogP contribution is -2.34. The molecule has 0 fully saturated rings. The van der Waals surface area contributed by atoms with E-state index >= 15 is 0 Å². The number of amides is 2. The summed E-state index contributed by atoms with van der Waals surface area (Å²) in [6.45, 7) is 4.60. The van der Waals surface area contributed by atoms with Crippen LogP contribution in [0.2, 0.25) is 5.02 Å². The van der Waals surface area contributed by atoms with Gasteiger partial charge in [-0.3, -0.25) is 14.5 Å². The molecule has 0 atom stereocenters. The zero-order valence-corrected chi connectivity index (χ0v) is 19.4. The molecule has 0 saturated heterocycles. The Morgan fingerprint density at radius 3 is 2.16 bits per heavy atom. The first-order valence-electron chi connectivity index (χ1n) is 10.3. The molecular weight excluding hydrogens is 432 g/mol. The Hall–Kier alpha value is -3.03. The normalized spacial score (nSPS) is 13.9. The molecule has 1 N–H and O–H groups in total. The summed E-state index contributed by atoms with van der Waals surface area (Å²) in [7, 11) is 3.09. The highest BCUT2D eigenvalue weighted by atomic mass is 35.5. The Labute approximate surface area is 192 Å². The first kappa shape index (κ1) is 23.6. The lowest BCUT2D eigenvalue weighted by Gasteiger charge is -2.16. The van der Waals surface area contributed by atoms with E-state index in [0.29, 0.717) is 46.4 Å². The van der Waals surface area contributed by atoms with Crippen molar-refractivity contribution in [3.63, 3.8) is 0 Å². The third-order valence-corrected chi connectivity index (χ3v) is 5.15. The fourth-order valence-corrected chi connectivity index (χ4v) is 3.47. The van der Waals surface area contributed by atoms with Crippen LogP contribution < -0.4 is 14.8 Å². The molecule has 2 aromatic carbocycles. The van der Waals surface area contributed by atoms with E-state index in [1.54, 1.807) is 56.7 Å². The number of rotatable bonds is 10. The van der Waals surface area contributed by atoms with Crippen molar-refractivity contribution in [2.75, 3.05) is 32.7 Å². The van der Waals surface area contributed by atoms with Crippen LogP contribution in [0.3, 0.4) is 0 Å². The van der Waals surface area contributed by atoms with E-state index in [1.165, 1.54) is 4.90 Å². The standard InChI is InChI=1S/C24H27ClN2O5/c1-15(2)32-11-5-10-27-23(28)21(16-6-8-17(25)9-7-16)22(24(27)29)26-18-12-19(30-3)14-20(13-18)31-4/h6-9,12-15,26H,5,10-11H2,1-4H3. The van der Waals surface area contributed by atoms with E-state index in [1.807, 2.05) is 13.8 Å². The number of carbonyl (C=O) groups is 2. The van der Waals surface area contributed by atoms with Gasteiger partial charge in [0.2, 0.25) is 0 Å². The number of hydrogen-bond acceptors (Lipinski definition) is 6. The summed E-state index contributed by atoms with van der Waals surface area (Å²) in [5, 5.41) is 3.66. The Morgan fingerprint density at radius 2 is 1.59 bits per heavy atom. The molecule has 0 unspecified atom stereocenters. The molecule has 0 spiro atoms. The minimum atomic E-state index is -0.397. The van der Waals surface area contributed by atoms with Crippen molar-refractivity contribution in [2.45, 2.75) is 26.4 Å². The van der Waals surface area contributed by atoms with Gasteiger partial charge >= 0.3 is 0 Å². The summed E-state index contributed by atoms with van der Waals surface area (Å²) in [6.07, 6.45) is 0.632. The van der Waals surface area contributed by atoms with Gasteiger partial charge < -0.3 is 19.5 Å². The predicted molar refractivity (Wildman–Crippen MR) is 124 cm³/mol. The van der Waals surface area contributed by atoms with Crippen LogP contribution in [0.15, 0.2) is 48.2 Å². The summed E-state index contributed by atoms with van der Waals surface area (Å²) in [4.78, 5) is 27.8. The molecule has 170 valence electrons. The molecule has 0 saturated carbocycles. The molecule has 1 aliphatic heterocycles. The molecule has 32 heavy (non-hydrogen) atoms. The Morgan fingerprint density at radius 1 is 0.969 bits per heavy atom. The molecule has 3 rings (SSSR count). The lowest BCUT2D eigenvalue weighted by atomic mass is 10.0. The number of ether oxygens (including phenoxy) is 3. The van der Waals surface area contributed by atoms with Crippen LogP contribution in [0.5, 0.6) is 11.5 Å². The Balaban J connectivity index is 1.95. The van der Waals surface area contributed by atoms with Gasteiger partial charge in [0.05, 0.1) is 25.9 Å². The topological polar surface area (TPSA) is 77.1 Å². The highest BCUT2D eigenvalue weighted by Gasteiger charge is 2.39. The summed E-state index contributed by atoms with van der Waals surface area (Å²) in [5.41, 5.74) is 1.65. The van der Waals surface area contributed by atoms with E-state index in [0.717, 1.165) is 0 Å². The summed E-state index contributed by atoms with van der Waals surface area (Å²) >= 11 is 6.02. The molecule has 0 radical (unpaired) electrons. The first-order chi connectivity index (χ1) is 15.3. The number of imide groups is 1. The van der Waals surface area contributed by atoms with E-state index < -0.39 is 5.91 Å². The van der Waals surface area contributed by atoms with Gasteiger partial charge in [0, 0.05) is 42.1 Å². The van der Waals surface area contributed by atoms with Gasteiger partial charge in [0.1, 0.15) is 17.2 Å². The molecule has 1 aliphatic rings. The molecule has 0 bridgehead atoms. The molecule has 7 nitrogen and oxygen atoms in total. The molecule has 0 aliphatic carbocycles. The first-order valence-corrected chi connectivity index (χ1v) is 10.7. The van der Waals surface area contributed by atoms with Crippen molar-refractivity contribution >= 4 is 34.7 Å². The van der Waals surface area contributed by atoms with Gasteiger partial charge in [-0.05, 0) is 38.0 Å². The van der Waals surface area contributed by atoms with Gasteiger partial charge in [0.25, 0.3) is 11.8 Å². The minimum Gasteiger partial charge on any atom is -0.497 e.